The molecule has 0 saturated heterocycles. The molecule has 2 unspecified atom stereocenters. The number of nitrogens with one attached hydrogen (secondary N) is 1. The molecular weight excluding hydrogens is 416 g/mol. The number of rotatable bonds is 8. The number of unbranched alkanes of at least 4 members (excludes halogenated alkanes) is 1. The first-order valence-electron chi connectivity index (χ1n) is 10.1. The van der Waals surface area contributed by atoms with Crippen LogP contribution in [0, 0.1) is 0 Å². The maximum absolute atomic E-state index is 13.3. The Morgan fingerprint density at radius 1 is 1.06 bits per heavy atom. The highest BCUT2D eigenvalue weighted by Crippen LogP contribution is 2.45. The molecule has 2 aromatic carbocycles. The predicted molar refractivity (Wildman–Crippen MR) is 113 cm³/mol. The van der Waals surface area contributed by atoms with Gasteiger partial charge in [0.15, 0.2) is 23.0 Å². The van der Waals surface area contributed by atoms with Gasteiger partial charge in [0.05, 0.1) is 11.6 Å². The molecule has 9 heteroatoms. The summed E-state index contributed by atoms with van der Waals surface area (Å²) in [5, 5.41) is 40.5. The van der Waals surface area contributed by atoms with Crippen LogP contribution in [-0.4, -0.2) is 49.1 Å². The topological polar surface area (TPSA) is 147 Å². The number of hydroxylamine groups is 1. The molecule has 0 saturated carbocycles. The maximum atomic E-state index is 13.3. The van der Waals surface area contributed by atoms with E-state index in [0.29, 0.717) is 12.8 Å². The number of ketones is 1. The molecule has 168 valence electrons. The number of phenols is 2. The van der Waals surface area contributed by atoms with Gasteiger partial charge in [-0.05, 0) is 12.5 Å². The van der Waals surface area contributed by atoms with Crippen molar-refractivity contribution in [1.29, 1.82) is 0 Å². The van der Waals surface area contributed by atoms with Gasteiger partial charge in [0.2, 0.25) is 0 Å². The average molecular weight is 440 g/mol. The number of aliphatic hydroxyl groups is 1. The van der Waals surface area contributed by atoms with Crippen molar-refractivity contribution in [3.8, 4) is 11.5 Å². The summed E-state index contributed by atoms with van der Waals surface area (Å²) in [6, 6.07) is 9.31. The van der Waals surface area contributed by atoms with Gasteiger partial charge in [0.25, 0.3) is 11.8 Å². The summed E-state index contributed by atoms with van der Waals surface area (Å²) in [5.41, 5.74) is 1.33. The zero-order valence-electron chi connectivity index (χ0n) is 17.4. The molecular formula is C23H24N2O7. The van der Waals surface area contributed by atoms with Crippen LogP contribution in [0.4, 0.5) is 0 Å². The molecule has 0 bridgehead atoms. The van der Waals surface area contributed by atoms with E-state index in [-0.39, 0.29) is 23.1 Å². The van der Waals surface area contributed by atoms with Gasteiger partial charge in [-0.1, -0.05) is 62.2 Å². The zero-order valence-corrected chi connectivity index (χ0v) is 17.4. The van der Waals surface area contributed by atoms with Crippen molar-refractivity contribution in [2.24, 2.45) is 0 Å². The Morgan fingerprint density at radius 2 is 1.75 bits per heavy atom. The Kier molecular flexibility index (Phi) is 6.79. The van der Waals surface area contributed by atoms with Gasteiger partial charge in [-0.2, -0.15) is 0 Å². The van der Waals surface area contributed by atoms with E-state index >= 15 is 0 Å². The maximum Gasteiger partial charge on any atom is 0.290 e. The van der Waals surface area contributed by atoms with Crippen LogP contribution in [0.2, 0.25) is 0 Å². The van der Waals surface area contributed by atoms with Crippen LogP contribution in [0.5, 0.6) is 11.5 Å². The van der Waals surface area contributed by atoms with Crippen LogP contribution in [0.15, 0.2) is 59.9 Å². The Labute approximate surface area is 184 Å². The van der Waals surface area contributed by atoms with Crippen molar-refractivity contribution in [3.05, 3.63) is 71.0 Å². The number of carbonyl (C=O) groups is 3. The van der Waals surface area contributed by atoms with E-state index in [1.54, 1.807) is 18.2 Å². The Morgan fingerprint density at radius 3 is 2.38 bits per heavy atom. The van der Waals surface area contributed by atoms with Crippen LogP contribution in [0.1, 0.15) is 48.1 Å². The lowest BCUT2D eigenvalue weighted by Crippen LogP contribution is -2.48. The van der Waals surface area contributed by atoms with E-state index < -0.39 is 46.9 Å². The molecule has 3 rings (SSSR count). The van der Waals surface area contributed by atoms with Gasteiger partial charge in [-0.3, -0.25) is 19.6 Å². The molecule has 0 radical (unpaired) electrons. The van der Waals surface area contributed by atoms with Gasteiger partial charge in [0.1, 0.15) is 6.04 Å². The van der Waals surface area contributed by atoms with E-state index in [1.165, 1.54) is 35.8 Å². The number of phenolic OH excluding ortho intramolecular Hbond substituents is 2. The van der Waals surface area contributed by atoms with Crippen LogP contribution in [-0.2, 0) is 9.59 Å². The molecule has 2 atom stereocenters. The van der Waals surface area contributed by atoms with Gasteiger partial charge >= 0.3 is 0 Å². The molecule has 2 amide bonds. The minimum atomic E-state index is -1.37. The molecule has 0 aliphatic carbocycles. The number of aliphatic hydroxyl groups excluding tert-OH is 1. The fraction of sp³-hybridized carbons (Fsp3) is 0.261. The zero-order chi connectivity index (χ0) is 23.4. The van der Waals surface area contributed by atoms with Crippen LogP contribution >= 0.6 is 0 Å². The number of carbonyl (C=O) groups excluding carboxylic acids is 3. The van der Waals surface area contributed by atoms with Crippen LogP contribution in [0.3, 0.4) is 0 Å². The second-order valence-corrected chi connectivity index (χ2v) is 7.42. The van der Waals surface area contributed by atoms with E-state index in [1.807, 2.05) is 6.92 Å². The molecule has 0 spiro atoms. The lowest BCUT2D eigenvalue weighted by Gasteiger charge is -2.33. The Hall–Kier alpha value is -3.85. The molecule has 1 aliphatic heterocycles. The summed E-state index contributed by atoms with van der Waals surface area (Å²) in [4.78, 5) is 39.9. The highest BCUT2D eigenvalue weighted by atomic mass is 16.5. The predicted octanol–water partition coefficient (Wildman–Crippen LogP) is 2.74. The number of benzene rings is 2. The third-order valence-electron chi connectivity index (χ3n) is 5.44. The lowest BCUT2D eigenvalue weighted by molar-refractivity contribution is -0.144. The Balaban J connectivity index is 2.21. The summed E-state index contributed by atoms with van der Waals surface area (Å²) < 4.78 is 0. The van der Waals surface area contributed by atoms with E-state index in [2.05, 4.69) is 0 Å². The molecule has 2 aromatic rings. The summed E-state index contributed by atoms with van der Waals surface area (Å²) in [6.07, 6.45) is 1.31. The smallest absolute Gasteiger partial charge is 0.290 e. The standard InChI is InChI=1S/C23H24N2O7/c1-2-3-11-15(22(30)24-32)25-18(14-10-7-12-16(26)20(14)28)17(21(29)23(25)31)19(27)13-8-5-4-6-9-13/h4-10,12,15,18,26,28-29,32H,2-3,11H2,1H3,(H,24,30). The van der Waals surface area contributed by atoms with Crippen molar-refractivity contribution in [2.75, 3.05) is 0 Å². The minimum absolute atomic E-state index is 0.0473. The molecule has 1 heterocycles. The third-order valence-corrected chi connectivity index (χ3v) is 5.44. The molecule has 5 N–H and O–H groups in total. The van der Waals surface area contributed by atoms with Crippen molar-refractivity contribution >= 4 is 17.6 Å². The molecule has 1 aliphatic rings. The summed E-state index contributed by atoms with van der Waals surface area (Å²) >= 11 is 0. The monoisotopic (exact) mass is 440 g/mol. The SMILES string of the molecule is CCCCC(C(=O)NO)N1C(=O)C(O)=C(C(=O)c2ccccc2)C1c1cccc(O)c1O. The minimum Gasteiger partial charge on any atom is -0.504 e. The second kappa shape index (κ2) is 9.52. The summed E-state index contributed by atoms with van der Waals surface area (Å²) in [5.74, 6) is -4.53. The summed E-state index contributed by atoms with van der Waals surface area (Å²) in [6.45, 7) is 1.87. The molecule has 9 nitrogen and oxygen atoms in total. The first kappa shape index (κ1) is 22.8. The van der Waals surface area contributed by atoms with Gasteiger partial charge in [0, 0.05) is 11.1 Å². The van der Waals surface area contributed by atoms with Gasteiger partial charge in [-0.25, -0.2) is 5.48 Å². The van der Waals surface area contributed by atoms with Crippen LogP contribution < -0.4 is 5.48 Å². The Bertz CT molecular complexity index is 1070. The number of nitrogens with zero attached hydrogens (tertiary/aromatic N) is 1. The molecule has 32 heavy (non-hydrogen) atoms. The lowest BCUT2D eigenvalue weighted by atomic mass is 9.91. The number of hydrogen-bond acceptors (Lipinski definition) is 7. The van der Waals surface area contributed by atoms with E-state index in [4.69, 9.17) is 0 Å². The van der Waals surface area contributed by atoms with Crippen molar-refractivity contribution in [1.82, 2.24) is 10.4 Å². The fourth-order valence-electron chi connectivity index (χ4n) is 3.86. The van der Waals surface area contributed by atoms with Crippen molar-refractivity contribution in [3.63, 3.8) is 0 Å². The number of aromatic hydroxyl groups is 2. The number of hydrogen-bond donors (Lipinski definition) is 5. The summed E-state index contributed by atoms with van der Waals surface area (Å²) in [7, 11) is 0. The first-order valence-corrected chi connectivity index (χ1v) is 10.1. The highest BCUT2D eigenvalue weighted by molar-refractivity contribution is 6.16. The van der Waals surface area contributed by atoms with Crippen molar-refractivity contribution < 1.29 is 34.9 Å². The third kappa shape index (κ3) is 4.02. The van der Waals surface area contributed by atoms with E-state index in [9.17, 15) is 34.9 Å². The average Bonchev–Trinajstić information content (AvgIpc) is 3.06. The van der Waals surface area contributed by atoms with Crippen molar-refractivity contribution in [2.45, 2.75) is 38.3 Å². The molecule has 0 aromatic heterocycles. The first-order chi connectivity index (χ1) is 15.3. The van der Waals surface area contributed by atoms with Gasteiger partial charge < -0.3 is 20.2 Å². The van der Waals surface area contributed by atoms with Gasteiger partial charge in [-0.15, -0.1) is 0 Å². The highest BCUT2D eigenvalue weighted by Gasteiger charge is 2.49. The second-order valence-electron chi connectivity index (χ2n) is 7.42. The molecule has 0 fully saturated rings. The quantitative estimate of drug-likeness (QED) is 0.183. The number of amides is 2. The number of para-hydroxylation sites is 1. The normalized spacial score (nSPS) is 16.9. The fourth-order valence-corrected chi connectivity index (χ4v) is 3.86. The number of Topliss-reactive ketones (excluding diaryl/α,β-unsaturated/α-hetero) is 1. The largest absolute Gasteiger partial charge is 0.504 e. The van der Waals surface area contributed by atoms with E-state index in [0.717, 1.165) is 4.90 Å². The van der Waals surface area contributed by atoms with Crippen LogP contribution in [0.25, 0.3) is 0 Å².